The summed E-state index contributed by atoms with van der Waals surface area (Å²) in [5, 5.41) is 16.7. The van der Waals surface area contributed by atoms with Crippen molar-refractivity contribution in [1.29, 1.82) is 5.26 Å². The Kier molecular flexibility index (Phi) is 4.35. The van der Waals surface area contributed by atoms with Gasteiger partial charge in [0.1, 0.15) is 0 Å². The Morgan fingerprint density at radius 2 is 2.17 bits per heavy atom. The van der Waals surface area contributed by atoms with Crippen molar-refractivity contribution in [2.24, 2.45) is 5.41 Å². The second-order valence-corrected chi connectivity index (χ2v) is 6.99. The molecular formula is C11H18N2O4S. The predicted molar refractivity (Wildman–Crippen MR) is 65.1 cm³/mol. The molecule has 1 aliphatic rings. The monoisotopic (exact) mass is 274 g/mol. The molecular weight excluding hydrogens is 256 g/mol. The lowest BCUT2D eigenvalue weighted by Crippen LogP contribution is -2.53. The van der Waals surface area contributed by atoms with E-state index in [4.69, 9.17) is 5.26 Å². The van der Waals surface area contributed by atoms with E-state index in [1.165, 1.54) is 6.92 Å². The van der Waals surface area contributed by atoms with Crippen molar-refractivity contribution >= 4 is 16.0 Å². The highest BCUT2D eigenvalue weighted by molar-refractivity contribution is 7.90. The molecule has 6 nitrogen and oxygen atoms in total. The number of carbonyl (C=O) groups is 1. The van der Waals surface area contributed by atoms with E-state index in [9.17, 15) is 18.3 Å². The van der Waals surface area contributed by atoms with Crippen LogP contribution in [0.15, 0.2) is 0 Å². The zero-order chi connectivity index (χ0) is 14.0. The van der Waals surface area contributed by atoms with Gasteiger partial charge in [-0.3, -0.25) is 4.79 Å². The fourth-order valence-corrected chi connectivity index (χ4v) is 3.27. The molecule has 102 valence electrons. The van der Waals surface area contributed by atoms with Crippen molar-refractivity contribution in [2.45, 2.75) is 50.8 Å². The van der Waals surface area contributed by atoms with Gasteiger partial charge in [0, 0.05) is 6.04 Å². The first-order valence-electron chi connectivity index (χ1n) is 5.88. The van der Waals surface area contributed by atoms with Gasteiger partial charge >= 0.3 is 5.97 Å². The SMILES string of the molecule is CC(C#N)S(=O)(=O)NC1CCCCC1(C)C(=O)O. The van der Waals surface area contributed by atoms with Gasteiger partial charge < -0.3 is 5.11 Å². The maximum absolute atomic E-state index is 11.8. The number of hydrogen-bond donors (Lipinski definition) is 2. The van der Waals surface area contributed by atoms with Crippen LogP contribution in [0, 0.1) is 16.7 Å². The number of hydrogen-bond acceptors (Lipinski definition) is 4. The van der Waals surface area contributed by atoms with Crippen LogP contribution < -0.4 is 4.72 Å². The summed E-state index contributed by atoms with van der Waals surface area (Å²) in [5.41, 5.74) is -1.10. The summed E-state index contributed by atoms with van der Waals surface area (Å²) >= 11 is 0. The lowest BCUT2D eigenvalue weighted by molar-refractivity contribution is -0.151. The number of aliphatic carboxylic acids is 1. The zero-order valence-electron chi connectivity index (χ0n) is 10.5. The first-order valence-corrected chi connectivity index (χ1v) is 7.43. The highest BCUT2D eigenvalue weighted by Gasteiger charge is 2.45. The fraction of sp³-hybridized carbons (Fsp3) is 0.818. The van der Waals surface area contributed by atoms with Gasteiger partial charge in [-0.15, -0.1) is 0 Å². The second kappa shape index (κ2) is 5.24. The van der Waals surface area contributed by atoms with Crippen molar-refractivity contribution < 1.29 is 18.3 Å². The van der Waals surface area contributed by atoms with Crippen LogP contribution in [0.3, 0.4) is 0 Å². The molecule has 18 heavy (non-hydrogen) atoms. The molecule has 0 saturated heterocycles. The molecule has 0 heterocycles. The molecule has 0 spiro atoms. The van der Waals surface area contributed by atoms with Crippen molar-refractivity contribution in [2.75, 3.05) is 0 Å². The van der Waals surface area contributed by atoms with Crippen LogP contribution in [0.25, 0.3) is 0 Å². The van der Waals surface area contributed by atoms with Gasteiger partial charge in [0.25, 0.3) is 0 Å². The van der Waals surface area contributed by atoms with Crippen molar-refractivity contribution in [3.8, 4) is 6.07 Å². The minimum Gasteiger partial charge on any atom is -0.481 e. The molecule has 0 aromatic heterocycles. The Morgan fingerprint density at radius 1 is 1.56 bits per heavy atom. The number of carboxylic acids is 1. The molecule has 0 bridgehead atoms. The van der Waals surface area contributed by atoms with Crippen LogP contribution >= 0.6 is 0 Å². The van der Waals surface area contributed by atoms with Gasteiger partial charge in [-0.1, -0.05) is 12.8 Å². The summed E-state index contributed by atoms with van der Waals surface area (Å²) in [5.74, 6) is -1.00. The maximum atomic E-state index is 11.8. The van der Waals surface area contributed by atoms with E-state index in [2.05, 4.69) is 4.72 Å². The first kappa shape index (κ1) is 14.9. The van der Waals surface area contributed by atoms with Gasteiger partial charge in [-0.2, -0.15) is 5.26 Å². The highest BCUT2D eigenvalue weighted by atomic mass is 32.2. The van der Waals surface area contributed by atoms with E-state index < -0.39 is 32.7 Å². The van der Waals surface area contributed by atoms with Crippen LogP contribution in [-0.4, -0.2) is 30.8 Å². The Labute approximate surface area is 107 Å². The number of nitriles is 1. The minimum atomic E-state index is -3.79. The van der Waals surface area contributed by atoms with Crippen molar-refractivity contribution in [3.05, 3.63) is 0 Å². The third-order valence-electron chi connectivity index (χ3n) is 3.65. The average molecular weight is 274 g/mol. The number of sulfonamides is 1. The zero-order valence-corrected chi connectivity index (χ0v) is 11.3. The molecule has 2 N–H and O–H groups in total. The van der Waals surface area contributed by atoms with Crippen LogP contribution in [0.4, 0.5) is 0 Å². The van der Waals surface area contributed by atoms with Gasteiger partial charge in [-0.05, 0) is 26.7 Å². The molecule has 1 rings (SSSR count). The van der Waals surface area contributed by atoms with E-state index in [0.717, 1.165) is 12.8 Å². The molecule has 0 aliphatic heterocycles. The Bertz CT molecular complexity index is 468. The smallest absolute Gasteiger partial charge is 0.310 e. The van der Waals surface area contributed by atoms with Gasteiger partial charge in [0.2, 0.25) is 10.0 Å². The third-order valence-corrected chi connectivity index (χ3v) is 5.30. The summed E-state index contributed by atoms with van der Waals surface area (Å²) in [6.45, 7) is 2.84. The lowest BCUT2D eigenvalue weighted by atomic mass is 9.72. The summed E-state index contributed by atoms with van der Waals surface area (Å²) in [4.78, 5) is 11.3. The van der Waals surface area contributed by atoms with Crippen LogP contribution in [0.5, 0.6) is 0 Å². The van der Waals surface area contributed by atoms with Crippen molar-refractivity contribution in [1.82, 2.24) is 4.72 Å². The van der Waals surface area contributed by atoms with E-state index >= 15 is 0 Å². The van der Waals surface area contributed by atoms with Crippen molar-refractivity contribution in [3.63, 3.8) is 0 Å². The van der Waals surface area contributed by atoms with Crippen LogP contribution in [0.2, 0.25) is 0 Å². The molecule has 7 heteroatoms. The van der Waals surface area contributed by atoms with Crippen LogP contribution in [0.1, 0.15) is 39.5 Å². The highest BCUT2D eigenvalue weighted by Crippen LogP contribution is 2.36. The third kappa shape index (κ3) is 2.82. The summed E-state index contributed by atoms with van der Waals surface area (Å²) in [6, 6.07) is 1.00. The Balaban J connectivity index is 2.95. The second-order valence-electron chi connectivity index (χ2n) is 4.96. The molecule has 0 aromatic carbocycles. The maximum Gasteiger partial charge on any atom is 0.310 e. The standard InChI is InChI=1S/C11H18N2O4S/c1-8(7-12)18(16,17)13-9-5-3-4-6-11(9,2)10(14)15/h8-9,13H,3-6H2,1-2H3,(H,14,15). The average Bonchev–Trinajstić information content (AvgIpc) is 2.30. The summed E-state index contributed by atoms with van der Waals surface area (Å²) in [6.07, 6.45) is 2.49. The lowest BCUT2D eigenvalue weighted by Gasteiger charge is -2.38. The number of rotatable bonds is 4. The number of nitrogens with zero attached hydrogens (tertiary/aromatic N) is 1. The molecule has 3 unspecified atom stereocenters. The van der Waals surface area contributed by atoms with Gasteiger partial charge in [0.15, 0.2) is 5.25 Å². The predicted octanol–water partition coefficient (Wildman–Crippen LogP) is 0.851. The molecule has 1 saturated carbocycles. The Hall–Kier alpha value is -1.13. The van der Waals surface area contributed by atoms with E-state index in [1.807, 2.05) is 0 Å². The summed E-state index contributed by atoms with van der Waals surface area (Å²) in [7, 11) is -3.79. The molecule has 1 fully saturated rings. The normalized spacial score (nSPS) is 30.4. The largest absolute Gasteiger partial charge is 0.481 e. The Morgan fingerprint density at radius 3 is 2.67 bits per heavy atom. The topological polar surface area (TPSA) is 107 Å². The number of carboxylic acid groups (broad SMARTS) is 1. The number of nitrogens with one attached hydrogen (secondary N) is 1. The molecule has 0 amide bonds. The van der Waals surface area contributed by atoms with E-state index in [1.54, 1.807) is 13.0 Å². The van der Waals surface area contributed by atoms with Gasteiger partial charge in [-0.25, -0.2) is 13.1 Å². The first-order chi connectivity index (χ1) is 8.24. The van der Waals surface area contributed by atoms with E-state index in [0.29, 0.717) is 12.8 Å². The quantitative estimate of drug-likeness (QED) is 0.790. The molecule has 0 aromatic rings. The van der Waals surface area contributed by atoms with E-state index in [-0.39, 0.29) is 0 Å². The summed E-state index contributed by atoms with van der Waals surface area (Å²) < 4.78 is 26.0. The van der Waals surface area contributed by atoms with Gasteiger partial charge in [0.05, 0.1) is 11.5 Å². The molecule has 3 atom stereocenters. The molecule has 1 aliphatic carbocycles. The minimum absolute atomic E-state index is 0.441. The fourth-order valence-electron chi connectivity index (χ4n) is 2.15. The molecule has 0 radical (unpaired) electrons. The van der Waals surface area contributed by atoms with Crippen LogP contribution in [-0.2, 0) is 14.8 Å².